The minimum atomic E-state index is -0.246. The molecule has 7 heteroatoms. The predicted molar refractivity (Wildman–Crippen MR) is 103 cm³/mol. The summed E-state index contributed by atoms with van der Waals surface area (Å²) in [5.74, 6) is 1.57. The van der Waals surface area contributed by atoms with Crippen LogP contribution in [0.3, 0.4) is 0 Å². The largest absolute Gasteiger partial charge is 0.439 e. The molecular formula is C19H24BN3O3. The molecule has 1 aliphatic heterocycles. The minimum Gasteiger partial charge on any atom is -0.439 e. The molecule has 2 N–H and O–H groups in total. The van der Waals surface area contributed by atoms with Crippen LogP contribution in [0.5, 0.6) is 11.6 Å². The van der Waals surface area contributed by atoms with Crippen molar-refractivity contribution in [1.29, 1.82) is 5.26 Å². The second kappa shape index (κ2) is 8.22. The van der Waals surface area contributed by atoms with Crippen molar-refractivity contribution in [3.63, 3.8) is 0 Å². The molecule has 26 heavy (non-hydrogen) atoms. The van der Waals surface area contributed by atoms with Crippen LogP contribution in [0.1, 0.15) is 45.7 Å². The Hall–Kier alpha value is -2.56. The highest BCUT2D eigenvalue weighted by Gasteiger charge is 2.33. The van der Waals surface area contributed by atoms with Crippen LogP contribution in [0.2, 0.25) is 0 Å². The maximum absolute atomic E-state index is 9.22. The topological polar surface area (TPSA) is 87.4 Å². The van der Waals surface area contributed by atoms with E-state index in [1.165, 1.54) is 0 Å². The Morgan fingerprint density at radius 1 is 1.23 bits per heavy atom. The number of rotatable bonds is 4. The molecule has 1 aromatic carbocycles. The quantitative estimate of drug-likeness (QED) is 0.494. The van der Waals surface area contributed by atoms with Crippen LogP contribution in [0, 0.1) is 11.3 Å². The van der Waals surface area contributed by atoms with E-state index in [4.69, 9.17) is 9.99 Å². The van der Waals surface area contributed by atoms with Crippen molar-refractivity contribution in [3.8, 4) is 17.7 Å². The predicted octanol–water partition coefficient (Wildman–Crippen LogP) is 3.77. The molecule has 1 aliphatic rings. The molecule has 2 heterocycles. The highest BCUT2D eigenvalue weighted by atomic mass is 17.1. The van der Waals surface area contributed by atoms with Crippen LogP contribution in [0.4, 0.5) is 5.82 Å². The van der Waals surface area contributed by atoms with Gasteiger partial charge < -0.3 is 14.9 Å². The Morgan fingerprint density at radius 2 is 1.96 bits per heavy atom. The first-order chi connectivity index (χ1) is 12.4. The number of hydrogen-bond acceptors (Lipinski definition) is 6. The van der Waals surface area contributed by atoms with Crippen LogP contribution in [-0.2, 0) is 11.1 Å². The summed E-state index contributed by atoms with van der Waals surface area (Å²) in [6, 6.07) is 11.1. The number of benzene rings is 1. The van der Waals surface area contributed by atoms with Gasteiger partial charge in [-0.3, -0.25) is 5.26 Å². The van der Waals surface area contributed by atoms with Gasteiger partial charge in [0, 0.05) is 11.6 Å². The van der Waals surface area contributed by atoms with E-state index in [2.05, 4.69) is 21.2 Å². The number of nitrogens with zero attached hydrogens (tertiary/aromatic N) is 2. The molecule has 2 aromatic rings. The van der Waals surface area contributed by atoms with E-state index >= 15 is 0 Å². The van der Waals surface area contributed by atoms with Gasteiger partial charge in [-0.05, 0) is 50.8 Å². The van der Waals surface area contributed by atoms with Crippen molar-refractivity contribution in [2.75, 3.05) is 5.32 Å². The number of aromatic nitrogens is 1. The summed E-state index contributed by atoms with van der Waals surface area (Å²) in [7, 11) is 0. The van der Waals surface area contributed by atoms with E-state index < -0.39 is 0 Å². The summed E-state index contributed by atoms with van der Waals surface area (Å²) in [5, 5.41) is 21.2. The first-order valence-corrected chi connectivity index (χ1v) is 8.70. The van der Waals surface area contributed by atoms with Gasteiger partial charge in [0.25, 0.3) is 0 Å². The second-order valence-corrected chi connectivity index (χ2v) is 6.79. The molecule has 1 aromatic heterocycles. The Labute approximate surface area is 154 Å². The normalized spacial score (nSPS) is 12.1. The zero-order valence-electron chi connectivity index (χ0n) is 15.8. The first-order valence-electron chi connectivity index (χ1n) is 8.70. The monoisotopic (exact) mass is 353 g/mol. The lowest BCUT2D eigenvalue weighted by molar-refractivity contribution is -0.143. The molecular weight excluding hydrogens is 329 g/mol. The highest BCUT2D eigenvalue weighted by Crippen LogP contribution is 2.27. The number of pyridine rings is 1. The Bertz CT molecular complexity index is 813. The lowest BCUT2D eigenvalue weighted by atomic mass is 9.46. The SMILES string of the molecule is CC.CC(C)(C)Nc1nc(Oc2ccc3c(c2)CB3OO)ccc1C#N. The zero-order valence-corrected chi connectivity index (χ0v) is 15.8. The average Bonchev–Trinajstić information content (AvgIpc) is 2.58. The van der Waals surface area contributed by atoms with Gasteiger partial charge in [-0.2, -0.15) is 10.2 Å². The second-order valence-electron chi connectivity index (χ2n) is 6.79. The molecule has 3 rings (SSSR count). The summed E-state index contributed by atoms with van der Waals surface area (Å²) in [5.41, 5.74) is 2.30. The lowest BCUT2D eigenvalue weighted by Crippen LogP contribution is -2.47. The number of ether oxygens (including phenoxy) is 1. The van der Waals surface area contributed by atoms with E-state index in [0.717, 1.165) is 11.0 Å². The van der Waals surface area contributed by atoms with Crippen LogP contribution in [0.25, 0.3) is 0 Å². The van der Waals surface area contributed by atoms with Gasteiger partial charge in [-0.25, -0.2) is 0 Å². The van der Waals surface area contributed by atoms with E-state index in [1.807, 2.05) is 46.8 Å². The van der Waals surface area contributed by atoms with Gasteiger partial charge in [0.2, 0.25) is 5.88 Å². The van der Waals surface area contributed by atoms with Gasteiger partial charge in [-0.1, -0.05) is 25.5 Å². The maximum atomic E-state index is 9.22. The summed E-state index contributed by atoms with van der Waals surface area (Å²) in [6.45, 7) is 9.75. The molecule has 6 nitrogen and oxygen atoms in total. The molecule has 0 saturated carbocycles. The van der Waals surface area contributed by atoms with E-state index in [9.17, 15) is 5.26 Å². The minimum absolute atomic E-state index is 0.216. The molecule has 0 fully saturated rings. The fourth-order valence-corrected chi connectivity index (χ4v) is 2.57. The van der Waals surface area contributed by atoms with Crippen LogP contribution in [-0.4, -0.2) is 22.7 Å². The Kier molecular flexibility index (Phi) is 6.25. The first kappa shape index (κ1) is 19.8. The lowest BCUT2D eigenvalue weighted by Gasteiger charge is -2.24. The number of fused-ring (bicyclic) bond motifs is 1. The summed E-state index contributed by atoms with van der Waals surface area (Å²) in [6.07, 6.45) is 0.653. The zero-order chi connectivity index (χ0) is 19.3. The Morgan fingerprint density at radius 3 is 2.54 bits per heavy atom. The van der Waals surface area contributed by atoms with Gasteiger partial charge in [-0.15, -0.1) is 0 Å². The third kappa shape index (κ3) is 4.54. The molecule has 0 unspecified atom stereocenters. The molecule has 0 aliphatic carbocycles. The molecule has 136 valence electrons. The molecule has 0 saturated heterocycles. The highest BCUT2D eigenvalue weighted by molar-refractivity contribution is 6.71. The smallest absolute Gasteiger partial charge is 0.377 e. The van der Waals surface area contributed by atoms with Crippen LogP contribution >= 0.6 is 0 Å². The van der Waals surface area contributed by atoms with Crippen molar-refractivity contribution in [3.05, 3.63) is 41.5 Å². The molecule has 0 amide bonds. The summed E-state index contributed by atoms with van der Waals surface area (Å²) < 4.78 is 5.81. The molecule has 0 bridgehead atoms. The molecule has 0 atom stereocenters. The van der Waals surface area contributed by atoms with Crippen molar-refractivity contribution in [2.24, 2.45) is 0 Å². The fourth-order valence-electron chi connectivity index (χ4n) is 2.57. The third-order valence-corrected chi connectivity index (χ3v) is 3.70. The number of nitrogens with one attached hydrogen (secondary N) is 1. The van der Waals surface area contributed by atoms with Gasteiger partial charge in [0.15, 0.2) is 0 Å². The van der Waals surface area contributed by atoms with E-state index in [1.54, 1.807) is 18.2 Å². The van der Waals surface area contributed by atoms with E-state index in [0.29, 0.717) is 29.3 Å². The summed E-state index contributed by atoms with van der Waals surface area (Å²) in [4.78, 5) is 8.77. The van der Waals surface area contributed by atoms with Crippen LogP contribution in [0.15, 0.2) is 30.3 Å². The number of nitriles is 1. The number of hydrogen-bond donors (Lipinski definition) is 2. The van der Waals surface area contributed by atoms with Crippen molar-refractivity contribution >= 4 is 18.2 Å². The third-order valence-electron chi connectivity index (χ3n) is 3.70. The Balaban J connectivity index is 0.00000117. The maximum Gasteiger partial charge on any atom is 0.377 e. The standard InChI is InChI=1S/C17H18BN3O3.C2H6/c1-17(2,3)21-16-11(10-19)4-7-15(20-16)23-13-5-6-14-12(8-13)9-18(14)24-22;1-2/h4-8,22H,9H2,1-3H3,(H,20,21);1-2H3. The number of anilines is 1. The van der Waals surface area contributed by atoms with Gasteiger partial charge in [0.1, 0.15) is 17.6 Å². The summed E-state index contributed by atoms with van der Waals surface area (Å²) >= 11 is 0. The fraction of sp³-hybridized carbons (Fsp3) is 0.368. The average molecular weight is 353 g/mol. The van der Waals surface area contributed by atoms with Gasteiger partial charge >= 0.3 is 6.92 Å². The molecule has 0 spiro atoms. The van der Waals surface area contributed by atoms with Crippen molar-refractivity contribution in [1.82, 2.24) is 4.98 Å². The van der Waals surface area contributed by atoms with E-state index in [-0.39, 0.29) is 12.5 Å². The van der Waals surface area contributed by atoms with Crippen molar-refractivity contribution < 1.29 is 14.8 Å². The van der Waals surface area contributed by atoms with Crippen LogP contribution < -0.4 is 15.5 Å². The molecule has 0 radical (unpaired) electrons. The van der Waals surface area contributed by atoms with Gasteiger partial charge in [0.05, 0.1) is 5.56 Å². The van der Waals surface area contributed by atoms with Crippen molar-refractivity contribution in [2.45, 2.75) is 46.5 Å².